The molecule has 1 heterocycles. The summed E-state index contributed by atoms with van der Waals surface area (Å²) in [4.78, 5) is 5.32. The molecule has 17 heavy (non-hydrogen) atoms. The molecule has 0 aliphatic heterocycles. The lowest BCUT2D eigenvalue weighted by Gasteiger charge is -2.01. The minimum atomic E-state index is -0.431. The summed E-state index contributed by atoms with van der Waals surface area (Å²) in [5.74, 6) is -0.431. The molecule has 0 saturated carbocycles. The number of aryl methyl sites for hydroxylation is 1. The minimum Gasteiger partial charge on any atom is -0.323 e. The predicted octanol–water partition coefficient (Wildman–Crippen LogP) is 3.93. The van der Waals surface area contributed by atoms with E-state index in [1.165, 1.54) is 17.4 Å². The van der Waals surface area contributed by atoms with Crippen molar-refractivity contribution in [2.75, 3.05) is 0 Å². The summed E-state index contributed by atoms with van der Waals surface area (Å²) in [7, 11) is 0. The first-order valence-electron chi connectivity index (χ1n) is 5.18. The summed E-state index contributed by atoms with van der Waals surface area (Å²) in [6, 6.07) is 4.81. The summed E-state index contributed by atoms with van der Waals surface area (Å²) in [6.07, 6.45) is 0. The van der Waals surface area contributed by atoms with Crippen molar-refractivity contribution in [3.8, 4) is 10.6 Å². The fraction of sp³-hybridized carbons (Fsp3) is 0.250. The number of aromatic nitrogens is 1. The van der Waals surface area contributed by atoms with Gasteiger partial charge in [-0.15, -0.1) is 11.3 Å². The highest BCUT2D eigenvalue weighted by molar-refractivity contribution is 7.15. The molecule has 0 saturated heterocycles. The van der Waals surface area contributed by atoms with Crippen molar-refractivity contribution in [1.82, 2.24) is 4.98 Å². The highest BCUT2D eigenvalue weighted by Crippen LogP contribution is 2.34. The van der Waals surface area contributed by atoms with Gasteiger partial charge in [0.15, 0.2) is 5.82 Å². The van der Waals surface area contributed by atoms with E-state index in [2.05, 4.69) is 4.98 Å². The van der Waals surface area contributed by atoms with Gasteiger partial charge in [-0.1, -0.05) is 17.7 Å². The highest BCUT2D eigenvalue weighted by atomic mass is 35.5. The molecule has 1 aromatic carbocycles. The maximum Gasteiger partial charge on any atom is 0.152 e. The van der Waals surface area contributed by atoms with Crippen LogP contribution in [-0.2, 0) is 0 Å². The van der Waals surface area contributed by atoms with Crippen molar-refractivity contribution in [2.24, 2.45) is 5.73 Å². The first-order chi connectivity index (χ1) is 8.00. The summed E-state index contributed by atoms with van der Waals surface area (Å²) in [5, 5.41) is 0.729. The first-order valence-corrected chi connectivity index (χ1v) is 6.37. The van der Waals surface area contributed by atoms with Crippen LogP contribution in [0.1, 0.15) is 23.5 Å². The topological polar surface area (TPSA) is 38.9 Å². The second-order valence-electron chi connectivity index (χ2n) is 3.86. The molecule has 90 valence electrons. The van der Waals surface area contributed by atoms with Gasteiger partial charge in [-0.05, 0) is 26.0 Å². The number of hydrogen-bond acceptors (Lipinski definition) is 3. The van der Waals surface area contributed by atoms with Crippen molar-refractivity contribution in [1.29, 1.82) is 0 Å². The van der Waals surface area contributed by atoms with Gasteiger partial charge in [0.05, 0.1) is 10.7 Å². The van der Waals surface area contributed by atoms with E-state index in [0.29, 0.717) is 10.6 Å². The van der Waals surface area contributed by atoms with Crippen LogP contribution in [-0.4, -0.2) is 4.98 Å². The Kier molecular flexibility index (Phi) is 3.47. The van der Waals surface area contributed by atoms with E-state index in [1.807, 2.05) is 13.8 Å². The zero-order valence-electron chi connectivity index (χ0n) is 9.50. The molecule has 0 radical (unpaired) electrons. The van der Waals surface area contributed by atoms with Crippen molar-refractivity contribution >= 4 is 22.9 Å². The zero-order valence-corrected chi connectivity index (χ0v) is 11.1. The van der Waals surface area contributed by atoms with Crippen LogP contribution < -0.4 is 5.73 Å². The van der Waals surface area contributed by atoms with Crippen molar-refractivity contribution < 1.29 is 4.39 Å². The van der Waals surface area contributed by atoms with E-state index >= 15 is 0 Å². The van der Waals surface area contributed by atoms with E-state index in [4.69, 9.17) is 17.3 Å². The molecule has 0 fully saturated rings. The Labute approximate surface area is 108 Å². The molecule has 0 bridgehead atoms. The van der Waals surface area contributed by atoms with Gasteiger partial charge >= 0.3 is 0 Å². The Morgan fingerprint density at radius 1 is 1.47 bits per heavy atom. The number of hydrogen-bond donors (Lipinski definition) is 1. The van der Waals surface area contributed by atoms with Gasteiger partial charge in [-0.3, -0.25) is 0 Å². The van der Waals surface area contributed by atoms with Crippen LogP contribution in [0, 0.1) is 12.7 Å². The molecule has 0 aliphatic rings. The maximum absolute atomic E-state index is 13.8. The van der Waals surface area contributed by atoms with Crippen LogP contribution >= 0.6 is 22.9 Å². The SMILES string of the molecule is Cc1nc(-c2cccc(Cl)c2F)sc1C(C)N. The van der Waals surface area contributed by atoms with E-state index in [9.17, 15) is 4.39 Å². The second-order valence-corrected chi connectivity index (χ2v) is 5.30. The van der Waals surface area contributed by atoms with Crippen molar-refractivity contribution in [3.63, 3.8) is 0 Å². The minimum absolute atomic E-state index is 0.0940. The maximum atomic E-state index is 13.8. The van der Waals surface area contributed by atoms with E-state index in [-0.39, 0.29) is 11.1 Å². The Hall–Kier alpha value is -0.970. The van der Waals surface area contributed by atoms with Gasteiger partial charge in [-0.2, -0.15) is 0 Å². The normalized spacial score (nSPS) is 12.8. The van der Waals surface area contributed by atoms with E-state index in [0.717, 1.165) is 10.6 Å². The predicted molar refractivity (Wildman–Crippen MR) is 69.9 cm³/mol. The molecule has 2 rings (SSSR count). The fourth-order valence-corrected chi connectivity index (χ4v) is 2.83. The molecule has 2 aromatic rings. The lowest BCUT2D eigenvalue weighted by atomic mass is 10.2. The second kappa shape index (κ2) is 4.72. The third kappa shape index (κ3) is 2.34. The molecule has 2 nitrogen and oxygen atoms in total. The van der Waals surface area contributed by atoms with Crippen LogP contribution in [0.2, 0.25) is 5.02 Å². The molecule has 1 atom stereocenters. The Morgan fingerprint density at radius 2 is 2.18 bits per heavy atom. The van der Waals surface area contributed by atoms with Gasteiger partial charge < -0.3 is 5.73 Å². The monoisotopic (exact) mass is 270 g/mol. The Morgan fingerprint density at radius 3 is 2.76 bits per heavy atom. The summed E-state index contributed by atoms with van der Waals surface area (Å²) >= 11 is 7.16. The van der Waals surface area contributed by atoms with Gasteiger partial charge in [0.1, 0.15) is 5.01 Å². The molecule has 5 heteroatoms. The molecule has 1 unspecified atom stereocenters. The van der Waals surface area contributed by atoms with Crippen LogP contribution in [0.4, 0.5) is 4.39 Å². The van der Waals surface area contributed by atoms with Gasteiger partial charge in [-0.25, -0.2) is 9.37 Å². The molecule has 1 aromatic heterocycles. The molecular weight excluding hydrogens is 259 g/mol. The molecule has 0 amide bonds. The lowest BCUT2D eigenvalue weighted by Crippen LogP contribution is -2.03. The van der Waals surface area contributed by atoms with E-state index in [1.54, 1.807) is 12.1 Å². The van der Waals surface area contributed by atoms with Crippen molar-refractivity contribution in [2.45, 2.75) is 19.9 Å². The standard InChI is InChI=1S/C12H12ClFN2S/c1-6(15)11-7(2)16-12(17-11)8-4-3-5-9(13)10(8)14/h3-6H,15H2,1-2H3. The number of thiazole rings is 1. The number of benzene rings is 1. The first kappa shape index (κ1) is 12.5. The van der Waals surface area contributed by atoms with Crippen LogP contribution in [0.3, 0.4) is 0 Å². The average molecular weight is 271 g/mol. The van der Waals surface area contributed by atoms with Crippen molar-refractivity contribution in [3.05, 3.63) is 39.6 Å². The number of rotatable bonds is 2. The van der Waals surface area contributed by atoms with Gasteiger partial charge in [0.2, 0.25) is 0 Å². The fourth-order valence-electron chi connectivity index (χ4n) is 1.61. The quantitative estimate of drug-likeness (QED) is 0.898. The van der Waals surface area contributed by atoms with Gasteiger partial charge in [0, 0.05) is 16.5 Å². The largest absolute Gasteiger partial charge is 0.323 e. The number of halogens is 2. The Balaban J connectivity index is 2.54. The summed E-state index contributed by atoms with van der Waals surface area (Å²) < 4.78 is 13.8. The average Bonchev–Trinajstić information content (AvgIpc) is 2.64. The van der Waals surface area contributed by atoms with Crippen LogP contribution in [0.25, 0.3) is 10.6 Å². The smallest absolute Gasteiger partial charge is 0.152 e. The van der Waals surface area contributed by atoms with Gasteiger partial charge in [0.25, 0.3) is 0 Å². The summed E-state index contributed by atoms with van der Waals surface area (Å²) in [5.41, 5.74) is 7.10. The number of nitrogens with two attached hydrogens (primary N) is 1. The molecule has 2 N–H and O–H groups in total. The Bertz CT molecular complexity index is 551. The number of nitrogens with zero attached hydrogens (tertiary/aromatic N) is 1. The van der Waals surface area contributed by atoms with Crippen LogP contribution in [0.5, 0.6) is 0 Å². The molecular formula is C12H12ClFN2S. The molecule has 0 spiro atoms. The third-order valence-corrected chi connectivity index (χ3v) is 4.11. The summed E-state index contributed by atoms with van der Waals surface area (Å²) in [6.45, 7) is 3.76. The zero-order chi connectivity index (χ0) is 12.6. The highest BCUT2D eigenvalue weighted by Gasteiger charge is 2.16. The lowest BCUT2D eigenvalue weighted by molar-refractivity contribution is 0.631. The third-order valence-electron chi connectivity index (χ3n) is 2.43. The van der Waals surface area contributed by atoms with E-state index < -0.39 is 5.82 Å². The molecule has 0 aliphatic carbocycles. The van der Waals surface area contributed by atoms with Crippen LogP contribution in [0.15, 0.2) is 18.2 Å².